The van der Waals surface area contributed by atoms with E-state index < -0.39 is 6.04 Å². The molecule has 2 N–H and O–H groups in total. The number of carbonyl (C=O) groups excluding carboxylic acids is 2. The van der Waals surface area contributed by atoms with E-state index in [9.17, 15) is 14.7 Å². The fourth-order valence-electron chi connectivity index (χ4n) is 2.72. The Balaban J connectivity index is 2.09. The van der Waals surface area contributed by atoms with Crippen LogP contribution in [-0.2, 0) is 9.53 Å². The Bertz CT molecular complexity index is 547. The van der Waals surface area contributed by atoms with E-state index >= 15 is 0 Å². The van der Waals surface area contributed by atoms with E-state index in [0.717, 1.165) is 6.42 Å². The van der Waals surface area contributed by atoms with Gasteiger partial charge in [-0.1, -0.05) is 12.1 Å². The van der Waals surface area contributed by atoms with Crippen LogP contribution >= 0.6 is 0 Å². The number of nitrogens with one attached hydrogen (secondary N) is 1. The molecule has 0 aliphatic carbocycles. The van der Waals surface area contributed by atoms with Crippen LogP contribution in [0.5, 0.6) is 5.75 Å². The van der Waals surface area contributed by atoms with Gasteiger partial charge in [-0.2, -0.15) is 0 Å². The Morgan fingerprint density at radius 3 is 2.86 bits per heavy atom. The topological polar surface area (TPSA) is 78.9 Å². The van der Waals surface area contributed by atoms with Crippen LogP contribution in [0.4, 0.5) is 0 Å². The first-order valence-electron chi connectivity index (χ1n) is 7.43. The van der Waals surface area contributed by atoms with Gasteiger partial charge in [0.2, 0.25) is 5.91 Å². The molecule has 0 radical (unpaired) electrons. The molecule has 0 saturated carbocycles. The number of likely N-dealkylation sites (tertiary alicyclic amines) is 1. The van der Waals surface area contributed by atoms with Gasteiger partial charge in [-0.3, -0.25) is 9.59 Å². The van der Waals surface area contributed by atoms with Crippen molar-refractivity contribution in [3.05, 3.63) is 29.8 Å². The zero-order valence-corrected chi connectivity index (χ0v) is 12.9. The number of nitrogens with zero attached hydrogens (tertiary/aromatic N) is 1. The molecule has 1 fully saturated rings. The minimum Gasteiger partial charge on any atom is -0.507 e. The summed E-state index contributed by atoms with van der Waals surface area (Å²) in [6.07, 6.45) is 1.40. The first kappa shape index (κ1) is 16.3. The van der Waals surface area contributed by atoms with Crippen LogP contribution in [0.15, 0.2) is 24.3 Å². The largest absolute Gasteiger partial charge is 0.507 e. The fraction of sp³-hybridized carbons (Fsp3) is 0.500. The average molecular weight is 306 g/mol. The molecule has 2 unspecified atom stereocenters. The Hall–Kier alpha value is -2.08. The number of aromatic hydroxyl groups is 1. The van der Waals surface area contributed by atoms with E-state index in [1.165, 1.54) is 11.0 Å². The summed E-state index contributed by atoms with van der Waals surface area (Å²) in [6, 6.07) is 5.79. The number of methoxy groups -OCH3 is 1. The average Bonchev–Trinajstić information content (AvgIpc) is 2.96. The number of hydrogen-bond acceptors (Lipinski definition) is 4. The van der Waals surface area contributed by atoms with Gasteiger partial charge in [-0.05, 0) is 31.9 Å². The van der Waals surface area contributed by atoms with Crippen molar-refractivity contribution in [2.75, 3.05) is 20.3 Å². The van der Waals surface area contributed by atoms with E-state index in [2.05, 4.69) is 5.32 Å². The highest BCUT2D eigenvalue weighted by Crippen LogP contribution is 2.24. The van der Waals surface area contributed by atoms with E-state index in [4.69, 9.17) is 4.74 Å². The Morgan fingerprint density at radius 1 is 1.45 bits per heavy atom. The minimum absolute atomic E-state index is 0.0636. The van der Waals surface area contributed by atoms with E-state index in [0.29, 0.717) is 19.6 Å². The lowest BCUT2D eigenvalue weighted by atomic mass is 10.1. The number of phenolic OH excluding ortho intramolecular Hbond substituents is 1. The highest BCUT2D eigenvalue weighted by Gasteiger charge is 2.35. The van der Waals surface area contributed by atoms with Crippen molar-refractivity contribution in [2.45, 2.75) is 31.8 Å². The first-order valence-corrected chi connectivity index (χ1v) is 7.43. The SMILES string of the molecule is COCC(C)NC(=O)C1CCCN1C(=O)c1ccccc1O. The van der Waals surface area contributed by atoms with Crippen LogP contribution in [0.1, 0.15) is 30.1 Å². The predicted octanol–water partition coefficient (Wildman–Crippen LogP) is 1.15. The van der Waals surface area contributed by atoms with Crippen molar-refractivity contribution in [2.24, 2.45) is 0 Å². The molecular weight excluding hydrogens is 284 g/mol. The van der Waals surface area contributed by atoms with Gasteiger partial charge in [0.15, 0.2) is 0 Å². The molecule has 6 nitrogen and oxygen atoms in total. The number of para-hydroxylation sites is 1. The number of ether oxygens (including phenoxy) is 1. The molecule has 120 valence electrons. The number of carbonyl (C=O) groups is 2. The summed E-state index contributed by atoms with van der Waals surface area (Å²) in [4.78, 5) is 26.4. The number of benzene rings is 1. The van der Waals surface area contributed by atoms with E-state index in [-0.39, 0.29) is 29.2 Å². The summed E-state index contributed by atoms with van der Waals surface area (Å²) in [5.74, 6) is -0.549. The molecule has 1 aromatic carbocycles. The first-order chi connectivity index (χ1) is 10.5. The molecule has 1 saturated heterocycles. The lowest BCUT2D eigenvalue weighted by Crippen LogP contribution is -2.49. The zero-order chi connectivity index (χ0) is 16.1. The number of rotatable bonds is 5. The maximum atomic E-state index is 12.6. The Kier molecular flexibility index (Phi) is 5.38. The number of amides is 2. The summed E-state index contributed by atoms with van der Waals surface area (Å²) in [6.45, 7) is 2.79. The van der Waals surface area contributed by atoms with Gasteiger partial charge in [0.05, 0.1) is 12.2 Å². The molecule has 0 spiro atoms. The summed E-state index contributed by atoms with van der Waals surface area (Å²) >= 11 is 0. The second-order valence-corrected chi connectivity index (χ2v) is 5.54. The summed E-state index contributed by atoms with van der Waals surface area (Å²) in [5, 5.41) is 12.7. The number of phenols is 1. The molecular formula is C16H22N2O4. The molecule has 0 aromatic heterocycles. The second kappa shape index (κ2) is 7.26. The summed E-state index contributed by atoms with van der Waals surface area (Å²) < 4.78 is 5.00. The van der Waals surface area contributed by atoms with Crippen molar-refractivity contribution < 1.29 is 19.4 Å². The molecule has 2 atom stereocenters. The van der Waals surface area contributed by atoms with Crippen molar-refractivity contribution in [3.63, 3.8) is 0 Å². The molecule has 1 aromatic rings. The summed E-state index contributed by atoms with van der Waals surface area (Å²) in [5.41, 5.74) is 0.229. The third-order valence-corrected chi connectivity index (χ3v) is 3.76. The van der Waals surface area contributed by atoms with Gasteiger partial charge in [0, 0.05) is 19.7 Å². The molecule has 2 amide bonds. The Labute approximate surface area is 130 Å². The standard InChI is InChI=1S/C16H22N2O4/c1-11(10-22-2)17-15(20)13-7-5-9-18(13)16(21)12-6-3-4-8-14(12)19/h3-4,6,8,11,13,19H,5,7,9-10H2,1-2H3,(H,17,20). The van der Waals surface area contributed by atoms with Gasteiger partial charge in [-0.25, -0.2) is 0 Å². The van der Waals surface area contributed by atoms with Gasteiger partial charge < -0.3 is 20.1 Å². The molecule has 2 rings (SSSR count). The zero-order valence-electron chi connectivity index (χ0n) is 12.9. The van der Waals surface area contributed by atoms with Crippen LogP contribution < -0.4 is 5.32 Å². The highest BCUT2D eigenvalue weighted by atomic mass is 16.5. The van der Waals surface area contributed by atoms with Crippen LogP contribution in [0, 0.1) is 0 Å². The molecule has 1 aliphatic heterocycles. The van der Waals surface area contributed by atoms with Crippen LogP contribution in [-0.4, -0.2) is 54.2 Å². The van der Waals surface area contributed by atoms with Gasteiger partial charge in [-0.15, -0.1) is 0 Å². The van der Waals surface area contributed by atoms with Crippen molar-refractivity contribution in [1.29, 1.82) is 0 Å². The highest BCUT2D eigenvalue weighted by molar-refractivity contribution is 5.99. The van der Waals surface area contributed by atoms with Crippen molar-refractivity contribution in [3.8, 4) is 5.75 Å². The lowest BCUT2D eigenvalue weighted by molar-refractivity contribution is -0.125. The van der Waals surface area contributed by atoms with Crippen LogP contribution in [0.3, 0.4) is 0 Å². The van der Waals surface area contributed by atoms with Crippen LogP contribution in [0.25, 0.3) is 0 Å². The molecule has 22 heavy (non-hydrogen) atoms. The third-order valence-electron chi connectivity index (χ3n) is 3.76. The molecule has 6 heteroatoms. The fourth-order valence-corrected chi connectivity index (χ4v) is 2.72. The normalized spacial score (nSPS) is 19.0. The van der Waals surface area contributed by atoms with Gasteiger partial charge in [0.25, 0.3) is 5.91 Å². The summed E-state index contributed by atoms with van der Waals surface area (Å²) in [7, 11) is 1.58. The lowest BCUT2D eigenvalue weighted by Gasteiger charge is -2.25. The molecule has 1 heterocycles. The number of hydrogen-bond donors (Lipinski definition) is 2. The molecule has 1 aliphatic rings. The minimum atomic E-state index is -0.494. The smallest absolute Gasteiger partial charge is 0.258 e. The maximum absolute atomic E-state index is 12.6. The van der Waals surface area contributed by atoms with Crippen molar-refractivity contribution >= 4 is 11.8 Å². The van der Waals surface area contributed by atoms with Crippen LogP contribution in [0.2, 0.25) is 0 Å². The van der Waals surface area contributed by atoms with Gasteiger partial charge >= 0.3 is 0 Å². The third kappa shape index (κ3) is 3.57. The van der Waals surface area contributed by atoms with Crippen molar-refractivity contribution in [1.82, 2.24) is 10.2 Å². The molecule has 0 bridgehead atoms. The van der Waals surface area contributed by atoms with E-state index in [1.807, 2.05) is 6.92 Å². The monoisotopic (exact) mass is 306 g/mol. The predicted molar refractivity (Wildman–Crippen MR) is 81.6 cm³/mol. The van der Waals surface area contributed by atoms with E-state index in [1.54, 1.807) is 25.3 Å². The Morgan fingerprint density at radius 2 is 2.18 bits per heavy atom. The van der Waals surface area contributed by atoms with Gasteiger partial charge in [0.1, 0.15) is 11.8 Å². The second-order valence-electron chi connectivity index (χ2n) is 5.54. The quantitative estimate of drug-likeness (QED) is 0.855. The maximum Gasteiger partial charge on any atom is 0.258 e.